The van der Waals surface area contributed by atoms with Crippen LogP contribution in [0.25, 0.3) is 10.2 Å². The van der Waals surface area contributed by atoms with Gasteiger partial charge in [0.1, 0.15) is 23.0 Å². The number of halogens is 1. The smallest absolute Gasteiger partial charge is 0.169 e. The van der Waals surface area contributed by atoms with E-state index in [1.54, 1.807) is 11.3 Å². The average Bonchev–Trinajstić information content (AvgIpc) is 2.92. The van der Waals surface area contributed by atoms with Crippen molar-refractivity contribution in [1.29, 1.82) is 0 Å². The molecule has 0 aliphatic heterocycles. The van der Waals surface area contributed by atoms with Crippen LogP contribution in [0.15, 0.2) is 40.2 Å². The Morgan fingerprint density at radius 1 is 1.30 bits per heavy atom. The van der Waals surface area contributed by atoms with Crippen LogP contribution in [0.5, 0.6) is 5.75 Å². The van der Waals surface area contributed by atoms with E-state index in [0.717, 1.165) is 26.3 Å². The number of hydrogen-bond acceptors (Lipinski definition) is 5. The fourth-order valence-electron chi connectivity index (χ4n) is 1.86. The number of aromatic nitrogens is 2. The molecular formula is C14H12BrN3OS. The third kappa shape index (κ3) is 2.76. The molecule has 2 heterocycles. The van der Waals surface area contributed by atoms with Crippen LogP contribution in [-0.2, 0) is 6.61 Å². The first kappa shape index (κ1) is 13.3. The molecule has 0 aliphatic carbocycles. The van der Waals surface area contributed by atoms with Gasteiger partial charge in [0, 0.05) is 11.5 Å². The minimum Gasteiger partial charge on any atom is -0.486 e. The van der Waals surface area contributed by atoms with Gasteiger partial charge in [-0.3, -0.25) is 0 Å². The number of fused-ring (bicyclic) bond motifs is 1. The Labute approximate surface area is 129 Å². The Bertz CT molecular complexity index is 744. The monoisotopic (exact) mass is 349 g/mol. The van der Waals surface area contributed by atoms with E-state index in [0.29, 0.717) is 12.4 Å². The van der Waals surface area contributed by atoms with Crippen LogP contribution in [0.4, 0.5) is 5.82 Å². The average molecular weight is 350 g/mol. The van der Waals surface area contributed by atoms with Crippen molar-refractivity contribution >= 4 is 43.3 Å². The molecule has 3 aromatic rings. The van der Waals surface area contributed by atoms with Crippen LogP contribution in [0.3, 0.4) is 0 Å². The van der Waals surface area contributed by atoms with Crippen molar-refractivity contribution < 1.29 is 4.74 Å². The first-order valence-corrected chi connectivity index (χ1v) is 7.74. The predicted octanol–water partition coefficient (Wildman–Crippen LogP) is 4.07. The van der Waals surface area contributed by atoms with Crippen LogP contribution in [0.1, 0.15) is 5.82 Å². The molecule has 1 N–H and O–H groups in total. The zero-order valence-electron chi connectivity index (χ0n) is 10.8. The molecule has 3 rings (SSSR count). The lowest BCUT2D eigenvalue weighted by molar-refractivity contribution is 0.296. The minimum absolute atomic E-state index is 0.346. The highest BCUT2D eigenvalue weighted by Gasteiger charge is 2.08. The zero-order chi connectivity index (χ0) is 13.9. The van der Waals surface area contributed by atoms with E-state index in [1.807, 2.05) is 42.8 Å². The summed E-state index contributed by atoms with van der Waals surface area (Å²) >= 11 is 5.02. The molecule has 0 fully saturated rings. The second-order valence-corrected chi connectivity index (χ2v) is 5.93. The van der Waals surface area contributed by atoms with Gasteiger partial charge in [0.2, 0.25) is 0 Å². The maximum atomic E-state index is 5.72. The van der Waals surface area contributed by atoms with E-state index >= 15 is 0 Å². The first-order valence-electron chi connectivity index (χ1n) is 6.06. The highest BCUT2D eigenvalue weighted by atomic mass is 79.9. The Hall–Kier alpha value is -1.66. The normalized spacial score (nSPS) is 10.7. The molecule has 0 radical (unpaired) electrons. The minimum atomic E-state index is 0.346. The Balaban J connectivity index is 1.83. The highest BCUT2D eigenvalue weighted by molar-refractivity contribution is 9.10. The van der Waals surface area contributed by atoms with Crippen molar-refractivity contribution in [2.24, 2.45) is 0 Å². The lowest BCUT2D eigenvalue weighted by Gasteiger charge is -2.07. The van der Waals surface area contributed by atoms with E-state index in [9.17, 15) is 0 Å². The number of nitrogens with zero attached hydrogens (tertiary/aromatic N) is 2. The zero-order valence-corrected chi connectivity index (χ0v) is 13.2. The third-order valence-corrected chi connectivity index (χ3v) is 4.07. The molecule has 0 aliphatic rings. The molecular weight excluding hydrogens is 338 g/mol. The van der Waals surface area contributed by atoms with Crippen molar-refractivity contribution in [2.45, 2.75) is 6.61 Å². The summed E-state index contributed by atoms with van der Waals surface area (Å²) in [7, 11) is 1.86. The van der Waals surface area contributed by atoms with Crippen LogP contribution in [0.2, 0.25) is 0 Å². The summed E-state index contributed by atoms with van der Waals surface area (Å²) in [4.78, 5) is 9.96. The first-order chi connectivity index (χ1) is 9.76. The highest BCUT2D eigenvalue weighted by Crippen LogP contribution is 2.25. The summed E-state index contributed by atoms with van der Waals surface area (Å²) in [5.41, 5.74) is 0. The van der Waals surface area contributed by atoms with Crippen molar-refractivity contribution in [3.8, 4) is 5.75 Å². The van der Waals surface area contributed by atoms with E-state index in [4.69, 9.17) is 4.74 Å². The molecule has 102 valence electrons. The number of ether oxygens (including phenoxy) is 1. The molecule has 4 nitrogen and oxygen atoms in total. The second kappa shape index (κ2) is 5.76. The van der Waals surface area contributed by atoms with E-state index < -0.39 is 0 Å². The van der Waals surface area contributed by atoms with Gasteiger partial charge in [0.15, 0.2) is 5.82 Å². The Kier molecular flexibility index (Phi) is 3.84. The molecule has 1 aromatic carbocycles. The SMILES string of the molecule is CNc1nc(COc2cccc(Br)c2)nc2sccc12. The van der Waals surface area contributed by atoms with Crippen molar-refractivity contribution in [2.75, 3.05) is 12.4 Å². The van der Waals surface area contributed by atoms with Crippen molar-refractivity contribution in [3.63, 3.8) is 0 Å². The van der Waals surface area contributed by atoms with E-state index in [1.165, 1.54) is 0 Å². The second-order valence-electron chi connectivity index (χ2n) is 4.12. The molecule has 2 aromatic heterocycles. The van der Waals surface area contributed by atoms with Gasteiger partial charge in [0.05, 0.1) is 5.39 Å². The molecule has 6 heteroatoms. The van der Waals surface area contributed by atoms with Gasteiger partial charge in [0.25, 0.3) is 0 Å². The standard InChI is InChI=1S/C14H12BrN3OS/c1-16-13-11-5-6-20-14(11)18-12(17-13)8-19-10-4-2-3-9(15)7-10/h2-7H,8H2,1H3,(H,16,17,18). The van der Waals surface area contributed by atoms with E-state index in [2.05, 4.69) is 31.2 Å². The number of rotatable bonds is 4. The van der Waals surface area contributed by atoms with Gasteiger partial charge < -0.3 is 10.1 Å². The summed E-state index contributed by atoms with van der Waals surface area (Å²) in [5.74, 6) is 2.30. The number of thiophene rings is 1. The Morgan fingerprint density at radius 2 is 2.20 bits per heavy atom. The van der Waals surface area contributed by atoms with Crippen LogP contribution in [0, 0.1) is 0 Å². The summed E-state index contributed by atoms with van der Waals surface area (Å²) in [6.45, 7) is 0.346. The number of anilines is 1. The molecule has 20 heavy (non-hydrogen) atoms. The number of benzene rings is 1. The molecule has 0 spiro atoms. The quantitative estimate of drug-likeness (QED) is 0.770. The molecule has 0 amide bonds. The van der Waals surface area contributed by atoms with Crippen LogP contribution >= 0.6 is 27.3 Å². The van der Waals surface area contributed by atoms with Crippen LogP contribution < -0.4 is 10.1 Å². The maximum absolute atomic E-state index is 5.72. The van der Waals surface area contributed by atoms with Gasteiger partial charge in [-0.25, -0.2) is 9.97 Å². The summed E-state index contributed by atoms with van der Waals surface area (Å²) in [6.07, 6.45) is 0. The maximum Gasteiger partial charge on any atom is 0.169 e. The molecule has 0 atom stereocenters. The third-order valence-electron chi connectivity index (χ3n) is 2.77. The van der Waals surface area contributed by atoms with Gasteiger partial charge >= 0.3 is 0 Å². The largest absolute Gasteiger partial charge is 0.486 e. The van der Waals surface area contributed by atoms with Gasteiger partial charge in [-0.15, -0.1) is 11.3 Å². The van der Waals surface area contributed by atoms with E-state index in [-0.39, 0.29) is 0 Å². The molecule has 0 saturated heterocycles. The van der Waals surface area contributed by atoms with Gasteiger partial charge in [-0.2, -0.15) is 0 Å². The van der Waals surface area contributed by atoms with Crippen molar-refractivity contribution in [3.05, 3.63) is 46.0 Å². The predicted molar refractivity (Wildman–Crippen MR) is 85.4 cm³/mol. The lowest BCUT2D eigenvalue weighted by Crippen LogP contribution is -2.04. The summed E-state index contributed by atoms with van der Waals surface area (Å²) in [6, 6.07) is 9.74. The van der Waals surface area contributed by atoms with Crippen LogP contribution in [-0.4, -0.2) is 17.0 Å². The molecule has 0 saturated carbocycles. The number of nitrogens with one attached hydrogen (secondary N) is 1. The topological polar surface area (TPSA) is 47.0 Å². The van der Waals surface area contributed by atoms with Crippen molar-refractivity contribution in [1.82, 2.24) is 9.97 Å². The van der Waals surface area contributed by atoms with Gasteiger partial charge in [-0.1, -0.05) is 22.0 Å². The number of hydrogen-bond donors (Lipinski definition) is 1. The summed E-state index contributed by atoms with van der Waals surface area (Å²) in [5, 5.41) is 6.15. The van der Waals surface area contributed by atoms with Gasteiger partial charge in [-0.05, 0) is 29.6 Å². The Morgan fingerprint density at radius 3 is 3.00 bits per heavy atom. The fourth-order valence-corrected chi connectivity index (χ4v) is 3.02. The fraction of sp³-hybridized carbons (Fsp3) is 0.143. The summed E-state index contributed by atoms with van der Waals surface area (Å²) < 4.78 is 6.71. The molecule has 0 unspecified atom stereocenters. The molecule has 0 bridgehead atoms. The lowest BCUT2D eigenvalue weighted by atomic mass is 10.3.